The Labute approximate surface area is 131 Å². The van der Waals surface area contributed by atoms with Gasteiger partial charge < -0.3 is 0 Å². The fraction of sp³-hybridized carbons (Fsp3) is 0.500. The Morgan fingerprint density at radius 2 is 2.00 bits per heavy atom. The third-order valence-corrected chi connectivity index (χ3v) is 7.15. The van der Waals surface area contributed by atoms with Gasteiger partial charge in [0, 0.05) is 0 Å². The van der Waals surface area contributed by atoms with Gasteiger partial charge in [-0.3, -0.25) is 0 Å². The standard InChI is InChI=1S/C12H15N2O4.2CH3.Sn/c1-12(2,3)18-11(15)13-8-9-5-4-6-10(7-9)14(16)17;;;/h4-6H,8H2,1-3H3,(H,13,15);2*1H3;. The van der Waals surface area contributed by atoms with E-state index in [0.29, 0.717) is 0 Å². The molecule has 0 aromatic heterocycles. The van der Waals surface area contributed by atoms with Gasteiger partial charge in [0.25, 0.3) is 0 Å². The van der Waals surface area contributed by atoms with Crippen LogP contribution >= 0.6 is 0 Å². The van der Waals surface area contributed by atoms with Gasteiger partial charge in [-0.05, 0) is 0 Å². The number of amides is 1. The van der Waals surface area contributed by atoms with Gasteiger partial charge in [-0.1, -0.05) is 0 Å². The molecule has 0 aliphatic rings. The van der Waals surface area contributed by atoms with E-state index in [-0.39, 0.29) is 17.2 Å². The molecule has 0 heterocycles. The van der Waals surface area contributed by atoms with Crippen LogP contribution in [0, 0.1) is 10.1 Å². The third-order valence-electron chi connectivity index (χ3n) is 2.65. The van der Waals surface area contributed by atoms with Gasteiger partial charge in [0.15, 0.2) is 0 Å². The minimum absolute atomic E-state index is 0.165. The summed E-state index contributed by atoms with van der Waals surface area (Å²) < 4.78 is 6.00. The average molecular weight is 400 g/mol. The van der Waals surface area contributed by atoms with Crippen molar-refractivity contribution in [3.63, 3.8) is 0 Å². The summed E-state index contributed by atoms with van der Waals surface area (Å²) in [5.74, 6) is 0. The van der Waals surface area contributed by atoms with E-state index in [0.717, 1.165) is 9.14 Å². The van der Waals surface area contributed by atoms with E-state index in [2.05, 4.69) is 15.2 Å². The Kier molecular flexibility index (Phi) is 6.00. The zero-order valence-electron chi connectivity index (χ0n) is 13.0. The zero-order chi connectivity index (χ0) is 16.2. The van der Waals surface area contributed by atoms with Crippen LogP contribution in [-0.4, -0.2) is 36.4 Å². The molecule has 0 aliphatic carbocycles. The molecular weight excluding hydrogens is 379 g/mol. The van der Waals surface area contributed by atoms with E-state index in [4.69, 9.17) is 4.74 Å². The van der Waals surface area contributed by atoms with Gasteiger partial charge in [0.1, 0.15) is 0 Å². The summed E-state index contributed by atoms with van der Waals surface area (Å²) in [6.07, 6.45) is -0.516. The molecule has 1 aromatic rings. The Hall–Kier alpha value is -1.31. The molecule has 0 unspecified atom stereocenters. The Morgan fingerprint density at radius 1 is 1.38 bits per heavy atom. The van der Waals surface area contributed by atoms with E-state index in [1.807, 2.05) is 6.07 Å². The molecular formula is C14H21N2O4Sn. The van der Waals surface area contributed by atoms with Crippen LogP contribution in [0.25, 0.3) is 0 Å². The van der Waals surface area contributed by atoms with Crippen LogP contribution in [0.3, 0.4) is 0 Å². The first-order valence-corrected chi connectivity index (χ1v) is 13.8. The van der Waals surface area contributed by atoms with Crippen molar-refractivity contribution in [2.75, 3.05) is 0 Å². The van der Waals surface area contributed by atoms with E-state index in [1.54, 1.807) is 26.8 Å². The van der Waals surface area contributed by atoms with Crippen LogP contribution in [0.4, 0.5) is 10.5 Å². The molecule has 0 spiro atoms. The number of carbonyl (C=O) groups excluding carboxylic acids is 1. The van der Waals surface area contributed by atoms with Gasteiger partial charge in [-0.25, -0.2) is 0 Å². The van der Waals surface area contributed by atoms with Crippen molar-refractivity contribution in [1.29, 1.82) is 0 Å². The molecule has 0 atom stereocenters. The van der Waals surface area contributed by atoms with Crippen LogP contribution in [0.1, 0.15) is 26.3 Å². The van der Waals surface area contributed by atoms with Gasteiger partial charge in [0.2, 0.25) is 0 Å². The first kappa shape index (κ1) is 17.7. The van der Waals surface area contributed by atoms with E-state index < -0.39 is 31.5 Å². The second kappa shape index (κ2) is 7.10. The molecule has 0 saturated heterocycles. The number of hydrogen-bond donors (Lipinski definition) is 1. The molecule has 0 saturated carbocycles. The van der Waals surface area contributed by atoms with Crippen molar-refractivity contribution in [2.45, 2.75) is 42.8 Å². The number of nitro benzene ring substituents is 1. The first-order valence-electron chi connectivity index (χ1n) is 6.65. The summed E-state index contributed by atoms with van der Waals surface area (Å²) in [6.45, 7) is 5.61. The van der Waals surface area contributed by atoms with E-state index in [9.17, 15) is 14.9 Å². The number of nitro groups is 1. The third kappa shape index (κ3) is 5.53. The fourth-order valence-electron chi connectivity index (χ4n) is 1.94. The predicted octanol–water partition coefficient (Wildman–Crippen LogP) is 2.58. The monoisotopic (exact) mass is 401 g/mol. The fourth-order valence-corrected chi connectivity index (χ4v) is 6.23. The molecule has 1 radical (unpaired) electrons. The van der Waals surface area contributed by atoms with Gasteiger partial charge in [-0.2, -0.15) is 0 Å². The summed E-state index contributed by atoms with van der Waals surface area (Å²) in [7, 11) is 0. The van der Waals surface area contributed by atoms with Gasteiger partial charge in [0.05, 0.1) is 0 Å². The number of alkyl carbamates (subject to hydrolysis) is 1. The second-order valence-electron chi connectivity index (χ2n) is 5.92. The molecule has 7 heteroatoms. The second-order valence-corrected chi connectivity index (χ2v) is 13.1. The van der Waals surface area contributed by atoms with Crippen LogP contribution < -0.4 is 8.90 Å². The summed E-state index contributed by atoms with van der Waals surface area (Å²) in [5, 5.41) is 13.8. The summed E-state index contributed by atoms with van der Waals surface area (Å²) >= 11 is -1.98. The number of benzene rings is 1. The Morgan fingerprint density at radius 3 is 2.48 bits per heavy atom. The van der Waals surface area contributed by atoms with Crippen molar-refractivity contribution in [3.05, 3.63) is 33.9 Å². The molecule has 21 heavy (non-hydrogen) atoms. The quantitative estimate of drug-likeness (QED) is 0.479. The normalized spacial score (nSPS) is 11.3. The summed E-state index contributed by atoms with van der Waals surface area (Å²) in [6, 6.07) is 5.01. The molecule has 1 rings (SSSR count). The molecule has 0 aliphatic heterocycles. The number of ether oxygens (including phenoxy) is 1. The van der Waals surface area contributed by atoms with Crippen LogP contribution in [0.15, 0.2) is 18.2 Å². The van der Waals surface area contributed by atoms with Crippen molar-refractivity contribution >= 4 is 35.1 Å². The molecule has 1 amide bonds. The predicted molar refractivity (Wildman–Crippen MR) is 83.3 cm³/mol. The molecule has 0 bridgehead atoms. The molecule has 1 aromatic carbocycles. The number of rotatable bonds is 4. The number of carbonyl (C=O) groups is 1. The van der Waals surface area contributed by atoms with Crippen molar-refractivity contribution in [2.24, 2.45) is 0 Å². The zero-order valence-corrected chi connectivity index (χ0v) is 15.9. The van der Waals surface area contributed by atoms with Crippen LogP contribution in [0.2, 0.25) is 9.88 Å². The van der Waals surface area contributed by atoms with E-state index in [1.165, 1.54) is 6.07 Å². The minimum atomic E-state index is -1.98. The summed E-state index contributed by atoms with van der Waals surface area (Å²) in [4.78, 5) is 26.6. The molecule has 6 nitrogen and oxygen atoms in total. The number of nitrogens with one attached hydrogen (secondary N) is 1. The Bertz CT molecular complexity index is 538. The molecule has 115 valence electrons. The first-order chi connectivity index (χ1) is 9.61. The number of nitrogens with zero attached hydrogens (tertiary/aromatic N) is 1. The molecule has 0 fully saturated rings. The van der Waals surface area contributed by atoms with Crippen molar-refractivity contribution in [3.8, 4) is 0 Å². The van der Waals surface area contributed by atoms with Crippen molar-refractivity contribution < 1.29 is 14.5 Å². The Balaban J connectivity index is 2.91. The topological polar surface area (TPSA) is 81.5 Å². The maximum atomic E-state index is 11.7. The van der Waals surface area contributed by atoms with Crippen LogP contribution in [-0.2, 0) is 11.3 Å². The maximum absolute atomic E-state index is 11.7. The van der Waals surface area contributed by atoms with Gasteiger partial charge in [-0.15, -0.1) is 0 Å². The molecule has 1 N–H and O–H groups in total. The SMILES string of the molecule is [CH3][Sn]([CH3])[c]1c(CNC(=O)OC(C)(C)C)cccc1[N+](=O)[O-]. The van der Waals surface area contributed by atoms with Crippen molar-refractivity contribution in [1.82, 2.24) is 5.32 Å². The van der Waals surface area contributed by atoms with Gasteiger partial charge >= 0.3 is 132 Å². The van der Waals surface area contributed by atoms with E-state index >= 15 is 0 Å². The summed E-state index contributed by atoms with van der Waals surface area (Å²) in [5.41, 5.74) is 0.416. The van der Waals surface area contributed by atoms with Crippen LogP contribution in [0.5, 0.6) is 0 Å². The number of hydrogen-bond acceptors (Lipinski definition) is 4. The average Bonchev–Trinajstić information content (AvgIpc) is 2.33.